The molecule has 7 heteroatoms. The molecule has 0 saturated carbocycles. The summed E-state index contributed by atoms with van der Waals surface area (Å²) in [6, 6.07) is 9.27. The van der Waals surface area contributed by atoms with Crippen LogP contribution in [0.25, 0.3) is 0 Å². The van der Waals surface area contributed by atoms with E-state index in [1.54, 1.807) is 44.8 Å². The molecule has 1 N–H and O–H groups in total. The van der Waals surface area contributed by atoms with Gasteiger partial charge in [-0.15, -0.1) is 0 Å². The molecule has 1 fully saturated rings. The van der Waals surface area contributed by atoms with Crippen LogP contribution in [0, 0.1) is 0 Å². The summed E-state index contributed by atoms with van der Waals surface area (Å²) in [6.45, 7) is 3.94. The second kappa shape index (κ2) is 8.53. The van der Waals surface area contributed by atoms with Crippen molar-refractivity contribution < 1.29 is 14.3 Å². The summed E-state index contributed by atoms with van der Waals surface area (Å²) in [6.07, 6.45) is 3.61. The van der Waals surface area contributed by atoms with Gasteiger partial charge in [-0.3, -0.25) is 9.88 Å². The van der Waals surface area contributed by atoms with Gasteiger partial charge in [0.15, 0.2) is 0 Å². The summed E-state index contributed by atoms with van der Waals surface area (Å²) >= 11 is 0. The number of aromatic nitrogens is 1. The highest BCUT2D eigenvalue weighted by Gasteiger charge is 2.22. The van der Waals surface area contributed by atoms with Gasteiger partial charge >= 0.3 is 6.03 Å². The molecule has 1 aliphatic rings. The highest BCUT2D eigenvalue weighted by Crippen LogP contribution is 2.29. The molecular weight excluding hydrogens is 332 g/mol. The van der Waals surface area contributed by atoms with Crippen LogP contribution in [0.5, 0.6) is 11.5 Å². The minimum Gasteiger partial charge on any atom is -0.497 e. The van der Waals surface area contributed by atoms with Crippen molar-refractivity contribution in [2.75, 3.05) is 45.7 Å². The highest BCUT2D eigenvalue weighted by molar-refractivity contribution is 5.91. The third-order valence-corrected chi connectivity index (χ3v) is 4.47. The fraction of sp³-hybridized carbons (Fsp3) is 0.368. The number of benzene rings is 1. The van der Waals surface area contributed by atoms with E-state index in [1.165, 1.54) is 5.56 Å². The zero-order valence-electron chi connectivity index (χ0n) is 15.1. The molecule has 26 heavy (non-hydrogen) atoms. The second-order valence-electron chi connectivity index (χ2n) is 6.12. The molecular formula is C19H24N4O3. The summed E-state index contributed by atoms with van der Waals surface area (Å²) < 4.78 is 10.5. The lowest BCUT2D eigenvalue weighted by atomic mass is 10.2. The third-order valence-electron chi connectivity index (χ3n) is 4.47. The first-order valence-corrected chi connectivity index (χ1v) is 8.59. The summed E-state index contributed by atoms with van der Waals surface area (Å²) in [5.74, 6) is 1.26. The van der Waals surface area contributed by atoms with Crippen LogP contribution in [0.4, 0.5) is 10.5 Å². The number of ether oxygens (including phenoxy) is 2. The molecule has 3 rings (SSSR count). The van der Waals surface area contributed by atoms with Gasteiger partial charge in [-0.2, -0.15) is 0 Å². The number of carbonyl (C=O) groups is 1. The van der Waals surface area contributed by atoms with Crippen molar-refractivity contribution in [2.24, 2.45) is 0 Å². The molecule has 1 saturated heterocycles. The number of amides is 2. The molecule has 138 valence electrons. The standard InChI is InChI=1S/C19H24N4O3/c1-25-16-3-4-17(18(13-16)26-2)21-19(24)23-11-9-22(10-12-23)14-15-5-7-20-8-6-15/h3-8,13H,9-12,14H2,1-2H3,(H,21,24). The molecule has 1 aliphatic heterocycles. The van der Waals surface area contributed by atoms with Crippen molar-refractivity contribution in [1.29, 1.82) is 0 Å². The van der Waals surface area contributed by atoms with Gasteiger partial charge in [0, 0.05) is 51.2 Å². The number of hydrogen-bond acceptors (Lipinski definition) is 5. The Hall–Kier alpha value is -2.80. The molecule has 7 nitrogen and oxygen atoms in total. The average molecular weight is 356 g/mol. The number of nitrogens with zero attached hydrogens (tertiary/aromatic N) is 3. The number of anilines is 1. The Morgan fingerprint density at radius 3 is 2.46 bits per heavy atom. The van der Waals surface area contributed by atoms with Gasteiger partial charge in [0.25, 0.3) is 0 Å². The van der Waals surface area contributed by atoms with E-state index < -0.39 is 0 Å². The van der Waals surface area contributed by atoms with Gasteiger partial charge in [-0.1, -0.05) is 0 Å². The van der Waals surface area contributed by atoms with Crippen molar-refractivity contribution in [1.82, 2.24) is 14.8 Å². The number of nitrogens with one attached hydrogen (secondary N) is 1. The van der Waals surface area contributed by atoms with Crippen LogP contribution in [-0.4, -0.2) is 61.2 Å². The van der Waals surface area contributed by atoms with E-state index in [2.05, 4.69) is 15.2 Å². The normalized spacial score (nSPS) is 14.8. The van der Waals surface area contributed by atoms with Crippen LogP contribution in [-0.2, 0) is 6.54 Å². The van der Waals surface area contributed by atoms with E-state index in [1.807, 2.05) is 17.0 Å². The minimum absolute atomic E-state index is 0.114. The monoisotopic (exact) mass is 356 g/mol. The lowest BCUT2D eigenvalue weighted by molar-refractivity contribution is 0.143. The van der Waals surface area contributed by atoms with E-state index >= 15 is 0 Å². The second-order valence-corrected chi connectivity index (χ2v) is 6.12. The van der Waals surface area contributed by atoms with Gasteiger partial charge in [0.05, 0.1) is 19.9 Å². The van der Waals surface area contributed by atoms with Crippen molar-refractivity contribution in [3.05, 3.63) is 48.3 Å². The van der Waals surface area contributed by atoms with Crippen LogP contribution in [0.1, 0.15) is 5.56 Å². The maximum atomic E-state index is 12.6. The van der Waals surface area contributed by atoms with Crippen molar-refractivity contribution in [3.8, 4) is 11.5 Å². The predicted octanol–water partition coefficient (Wildman–Crippen LogP) is 2.45. The lowest BCUT2D eigenvalue weighted by Crippen LogP contribution is -2.49. The Balaban J connectivity index is 1.54. The molecule has 0 spiro atoms. The van der Waals surface area contributed by atoms with E-state index in [9.17, 15) is 4.79 Å². The number of pyridine rings is 1. The van der Waals surface area contributed by atoms with Crippen LogP contribution in [0.15, 0.2) is 42.7 Å². The quantitative estimate of drug-likeness (QED) is 0.891. The van der Waals surface area contributed by atoms with Gasteiger partial charge < -0.3 is 19.7 Å². The third kappa shape index (κ3) is 4.43. The number of hydrogen-bond donors (Lipinski definition) is 1. The summed E-state index contributed by atoms with van der Waals surface area (Å²) in [5, 5.41) is 2.93. The van der Waals surface area contributed by atoms with Gasteiger partial charge in [-0.25, -0.2) is 4.79 Å². The first-order valence-electron chi connectivity index (χ1n) is 8.59. The lowest BCUT2D eigenvalue weighted by Gasteiger charge is -2.34. The average Bonchev–Trinajstić information content (AvgIpc) is 2.69. The fourth-order valence-corrected chi connectivity index (χ4v) is 2.95. The van der Waals surface area contributed by atoms with Crippen molar-refractivity contribution in [3.63, 3.8) is 0 Å². The van der Waals surface area contributed by atoms with Crippen molar-refractivity contribution >= 4 is 11.7 Å². The predicted molar refractivity (Wildman–Crippen MR) is 99.7 cm³/mol. The molecule has 2 heterocycles. The molecule has 2 aromatic rings. The minimum atomic E-state index is -0.114. The maximum Gasteiger partial charge on any atom is 0.322 e. The Morgan fingerprint density at radius 1 is 1.08 bits per heavy atom. The smallest absolute Gasteiger partial charge is 0.322 e. The van der Waals surface area contributed by atoms with E-state index in [0.717, 1.165) is 19.6 Å². The van der Waals surface area contributed by atoms with Crippen LogP contribution >= 0.6 is 0 Å². The Morgan fingerprint density at radius 2 is 1.81 bits per heavy atom. The first-order chi connectivity index (χ1) is 12.7. The number of rotatable bonds is 5. The maximum absolute atomic E-state index is 12.6. The summed E-state index contributed by atoms with van der Waals surface area (Å²) in [7, 11) is 3.17. The van der Waals surface area contributed by atoms with Crippen LogP contribution < -0.4 is 14.8 Å². The highest BCUT2D eigenvalue weighted by atomic mass is 16.5. The van der Waals surface area contributed by atoms with Gasteiger partial charge in [-0.05, 0) is 29.8 Å². The van der Waals surface area contributed by atoms with E-state index in [4.69, 9.17) is 9.47 Å². The first kappa shape index (κ1) is 18.0. The molecule has 0 aliphatic carbocycles. The van der Waals surface area contributed by atoms with Crippen LogP contribution in [0.3, 0.4) is 0 Å². The fourth-order valence-electron chi connectivity index (χ4n) is 2.95. The molecule has 1 aromatic heterocycles. The molecule has 0 unspecified atom stereocenters. The Labute approximate surface area is 153 Å². The molecule has 0 bridgehead atoms. The number of piperazine rings is 1. The molecule has 0 atom stereocenters. The number of urea groups is 1. The van der Waals surface area contributed by atoms with Crippen LogP contribution in [0.2, 0.25) is 0 Å². The zero-order valence-corrected chi connectivity index (χ0v) is 15.1. The van der Waals surface area contributed by atoms with Crippen molar-refractivity contribution in [2.45, 2.75) is 6.54 Å². The summed E-state index contributed by atoms with van der Waals surface area (Å²) in [4.78, 5) is 20.8. The largest absolute Gasteiger partial charge is 0.497 e. The zero-order chi connectivity index (χ0) is 18.4. The topological polar surface area (TPSA) is 66.9 Å². The number of carbonyl (C=O) groups excluding carboxylic acids is 1. The molecule has 0 radical (unpaired) electrons. The van der Waals surface area contributed by atoms with E-state index in [0.29, 0.717) is 30.3 Å². The molecule has 2 amide bonds. The van der Waals surface area contributed by atoms with Gasteiger partial charge in [0.1, 0.15) is 11.5 Å². The van der Waals surface area contributed by atoms with E-state index in [-0.39, 0.29) is 6.03 Å². The van der Waals surface area contributed by atoms with Gasteiger partial charge in [0.2, 0.25) is 0 Å². The molecule has 1 aromatic carbocycles. The summed E-state index contributed by atoms with van der Waals surface area (Å²) in [5.41, 5.74) is 1.87. The Bertz CT molecular complexity index is 731. The SMILES string of the molecule is COc1ccc(NC(=O)N2CCN(Cc3ccncc3)CC2)c(OC)c1. The number of methoxy groups -OCH3 is 2. The Kier molecular flexibility index (Phi) is 5.91.